The SMILES string of the molecule is C[C@]12CC/C(=N\O)C=C1CC[C@@H]1C2CC[C@@]2(C)C1CC[C@@H]2OC1CCCCO1. The van der Waals surface area contributed by atoms with E-state index in [1.54, 1.807) is 5.57 Å². The van der Waals surface area contributed by atoms with Crippen molar-refractivity contribution in [1.29, 1.82) is 0 Å². The molecule has 156 valence electrons. The van der Waals surface area contributed by atoms with Crippen LogP contribution in [0.1, 0.15) is 84.5 Å². The first-order valence-electron chi connectivity index (χ1n) is 11.7. The van der Waals surface area contributed by atoms with Gasteiger partial charge >= 0.3 is 0 Å². The van der Waals surface area contributed by atoms with Crippen LogP contribution in [0.3, 0.4) is 0 Å². The van der Waals surface area contributed by atoms with Gasteiger partial charge in [0.15, 0.2) is 6.29 Å². The van der Waals surface area contributed by atoms with Crippen molar-refractivity contribution in [2.75, 3.05) is 6.61 Å². The van der Waals surface area contributed by atoms with Crippen LogP contribution < -0.4 is 0 Å². The van der Waals surface area contributed by atoms with Crippen LogP contribution in [0.25, 0.3) is 0 Å². The molecule has 28 heavy (non-hydrogen) atoms. The Morgan fingerprint density at radius 1 is 1.04 bits per heavy atom. The molecule has 5 aliphatic rings. The quantitative estimate of drug-likeness (QED) is 0.489. The van der Waals surface area contributed by atoms with Gasteiger partial charge < -0.3 is 14.7 Å². The predicted molar refractivity (Wildman–Crippen MR) is 109 cm³/mol. The highest BCUT2D eigenvalue weighted by molar-refractivity contribution is 5.96. The van der Waals surface area contributed by atoms with Gasteiger partial charge in [-0.25, -0.2) is 0 Å². The van der Waals surface area contributed by atoms with E-state index in [0.717, 1.165) is 49.3 Å². The fourth-order valence-electron chi connectivity index (χ4n) is 7.83. The van der Waals surface area contributed by atoms with E-state index < -0.39 is 0 Å². The molecule has 0 aromatic heterocycles. The highest BCUT2D eigenvalue weighted by atomic mass is 16.7. The summed E-state index contributed by atoms with van der Waals surface area (Å²) in [4.78, 5) is 0. The zero-order valence-electron chi connectivity index (χ0n) is 17.7. The number of rotatable bonds is 2. The summed E-state index contributed by atoms with van der Waals surface area (Å²) in [5.74, 6) is 2.41. The highest BCUT2D eigenvalue weighted by Crippen LogP contribution is 2.65. The summed E-state index contributed by atoms with van der Waals surface area (Å²) in [6.07, 6.45) is 15.9. The van der Waals surface area contributed by atoms with Crippen molar-refractivity contribution >= 4 is 5.71 Å². The third-order valence-corrected chi connectivity index (χ3v) is 9.47. The van der Waals surface area contributed by atoms with Gasteiger partial charge in [-0.1, -0.05) is 24.6 Å². The molecule has 5 rings (SSSR count). The molecule has 0 aromatic carbocycles. The van der Waals surface area contributed by atoms with Gasteiger partial charge in [0.2, 0.25) is 0 Å². The Bertz CT molecular complexity index is 667. The van der Waals surface area contributed by atoms with Crippen molar-refractivity contribution in [3.8, 4) is 0 Å². The lowest BCUT2D eigenvalue weighted by Crippen LogP contribution is -2.52. The molecule has 3 unspecified atom stereocenters. The van der Waals surface area contributed by atoms with E-state index in [2.05, 4.69) is 25.1 Å². The number of hydrogen-bond acceptors (Lipinski definition) is 4. The lowest BCUT2D eigenvalue weighted by molar-refractivity contribution is -0.215. The van der Waals surface area contributed by atoms with Gasteiger partial charge in [0.05, 0.1) is 11.8 Å². The Hall–Kier alpha value is -0.870. The van der Waals surface area contributed by atoms with E-state index in [1.165, 1.54) is 51.4 Å². The maximum Gasteiger partial charge on any atom is 0.157 e. The van der Waals surface area contributed by atoms with Crippen LogP contribution in [0.5, 0.6) is 0 Å². The van der Waals surface area contributed by atoms with Crippen molar-refractivity contribution in [2.24, 2.45) is 33.7 Å². The van der Waals surface area contributed by atoms with Crippen molar-refractivity contribution in [3.63, 3.8) is 0 Å². The van der Waals surface area contributed by atoms with Crippen LogP contribution in [-0.2, 0) is 9.47 Å². The average molecular weight is 388 g/mol. The van der Waals surface area contributed by atoms with E-state index in [9.17, 15) is 5.21 Å². The van der Waals surface area contributed by atoms with Gasteiger partial charge in [0, 0.05) is 6.61 Å². The largest absolute Gasteiger partial charge is 0.411 e. The summed E-state index contributed by atoms with van der Waals surface area (Å²) in [6, 6.07) is 0. The molecule has 0 aromatic rings. The van der Waals surface area contributed by atoms with Gasteiger partial charge in [-0.15, -0.1) is 0 Å². The fraction of sp³-hybridized carbons (Fsp3) is 0.875. The minimum absolute atomic E-state index is 0.0417. The molecule has 1 N–H and O–H groups in total. The summed E-state index contributed by atoms with van der Waals surface area (Å²) < 4.78 is 12.5. The normalized spacial score (nSPS) is 49.9. The zero-order chi connectivity index (χ0) is 19.4. The van der Waals surface area contributed by atoms with Crippen LogP contribution in [0.2, 0.25) is 0 Å². The summed E-state index contributed by atoms with van der Waals surface area (Å²) in [7, 11) is 0. The van der Waals surface area contributed by atoms with Crippen molar-refractivity contribution in [1.82, 2.24) is 0 Å². The van der Waals surface area contributed by atoms with Crippen LogP contribution >= 0.6 is 0 Å². The summed E-state index contributed by atoms with van der Waals surface area (Å²) in [5, 5.41) is 12.8. The molecule has 0 radical (unpaired) electrons. The van der Waals surface area contributed by atoms with E-state index >= 15 is 0 Å². The van der Waals surface area contributed by atoms with E-state index in [4.69, 9.17) is 9.47 Å². The standard InChI is InChI=1S/C24H37NO3/c1-23-12-10-17(25-26)15-16(23)6-7-18-19-8-9-21(24(19,2)13-11-20(18)23)28-22-5-3-4-14-27-22/h15,18-22,26H,3-14H2,1-2H3/b25-17+/t18-,19?,20?,21-,22?,23-,24-/m0/s1. The predicted octanol–water partition coefficient (Wildman–Crippen LogP) is 5.69. The number of fused-ring (bicyclic) bond motifs is 5. The first-order valence-corrected chi connectivity index (χ1v) is 11.7. The van der Waals surface area contributed by atoms with Gasteiger partial charge in [-0.05, 0) is 105 Å². The topological polar surface area (TPSA) is 51.1 Å². The molecule has 4 fully saturated rings. The Morgan fingerprint density at radius 3 is 2.71 bits per heavy atom. The van der Waals surface area contributed by atoms with Gasteiger partial charge in [0.25, 0.3) is 0 Å². The maximum absolute atomic E-state index is 9.24. The molecular weight excluding hydrogens is 350 g/mol. The Morgan fingerprint density at radius 2 is 1.93 bits per heavy atom. The molecule has 1 heterocycles. The number of ether oxygens (including phenoxy) is 2. The van der Waals surface area contributed by atoms with Crippen molar-refractivity contribution < 1.29 is 14.7 Å². The second-order valence-corrected chi connectivity index (χ2v) is 10.6. The highest BCUT2D eigenvalue weighted by Gasteiger charge is 2.59. The van der Waals surface area contributed by atoms with Crippen molar-refractivity contribution in [2.45, 2.75) is 96.9 Å². The lowest BCUT2D eigenvalue weighted by Gasteiger charge is -2.58. The van der Waals surface area contributed by atoms with Crippen LogP contribution in [0, 0.1) is 28.6 Å². The van der Waals surface area contributed by atoms with Gasteiger partial charge in [0.1, 0.15) is 0 Å². The third kappa shape index (κ3) is 2.89. The van der Waals surface area contributed by atoms with E-state index in [1.807, 2.05) is 0 Å². The number of hydrogen-bond donors (Lipinski definition) is 1. The van der Waals surface area contributed by atoms with Gasteiger partial charge in [-0.2, -0.15) is 0 Å². The number of allylic oxidation sites excluding steroid dienone is 2. The molecule has 1 aliphatic heterocycles. The molecule has 4 aliphatic carbocycles. The molecule has 1 saturated heterocycles. The van der Waals surface area contributed by atoms with Gasteiger partial charge in [-0.3, -0.25) is 0 Å². The molecule has 4 nitrogen and oxygen atoms in total. The smallest absolute Gasteiger partial charge is 0.157 e. The second-order valence-electron chi connectivity index (χ2n) is 10.6. The molecule has 4 heteroatoms. The molecule has 7 atom stereocenters. The van der Waals surface area contributed by atoms with E-state index in [0.29, 0.717) is 16.9 Å². The first kappa shape index (κ1) is 19.1. The Labute approximate surface area is 169 Å². The summed E-state index contributed by atoms with van der Waals surface area (Å²) in [5.41, 5.74) is 3.07. The summed E-state index contributed by atoms with van der Waals surface area (Å²) >= 11 is 0. The summed E-state index contributed by atoms with van der Waals surface area (Å²) in [6.45, 7) is 5.90. The molecule has 3 saturated carbocycles. The maximum atomic E-state index is 9.24. The molecule has 0 bridgehead atoms. The minimum Gasteiger partial charge on any atom is -0.411 e. The average Bonchev–Trinajstić information content (AvgIpc) is 3.04. The molecular formula is C24H37NO3. The van der Waals surface area contributed by atoms with Crippen LogP contribution in [-0.4, -0.2) is 29.9 Å². The number of oxime groups is 1. The van der Waals surface area contributed by atoms with E-state index in [-0.39, 0.29) is 6.29 Å². The Kier molecular flexibility index (Phi) is 4.86. The van der Waals surface area contributed by atoms with Crippen LogP contribution in [0.15, 0.2) is 16.8 Å². The fourth-order valence-corrected chi connectivity index (χ4v) is 7.83. The number of nitrogens with zero attached hydrogens (tertiary/aromatic N) is 1. The van der Waals surface area contributed by atoms with Crippen molar-refractivity contribution in [3.05, 3.63) is 11.6 Å². The van der Waals surface area contributed by atoms with Crippen LogP contribution in [0.4, 0.5) is 0 Å². The third-order valence-electron chi connectivity index (χ3n) is 9.47. The molecule has 0 spiro atoms. The second kappa shape index (κ2) is 7.12. The minimum atomic E-state index is 0.0417. The monoisotopic (exact) mass is 387 g/mol. The lowest BCUT2D eigenvalue weighted by atomic mass is 9.47. The first-order chi connectivity index (χ1) is 13.5. The zero-order valence-corrected chi connectivity index (χ0v) is 17.7. The molecule has 0 amide bonds. The Balaban J connectivity index is 1.35.